The Hall–Kier alpha value is -0.680. The highest BCUT2D eigenvalue weighted by Gasteiger charge is 2.23. The molecule has 1 fully saturated rings. The van der Waals surface area contributed by atoms with E-state index in [1.807, 2.05) is 0 Å². The fraction of sp³-hybridized carbons (Fsp3) is 0.417. The first-order chi connectivity index (χ1) is 8.56. The lowest BCUT2D eigenvalue weighted by Crippen LogP contribution is -2.35. The van der Waals surface area contributed by atoms with Gasteiger partial charge >= 0.3 is 0 Å². The number of benzene rings is 1. The molecule has 106 valence electrons. The summed E-state index contributed by atoms with van der Waals surface area (Å²) in [6.07, 6.45) is 0.841. The number of hydrogen-bond acceptors (Lipinski definition) is 3. The number of likely N-dealkylation sites (tertiary alicyclic amines) is 1. The molecule has 1 aliphatic rings. The molecular formula is C12H15Cl3N2O2. The zero-order valence-corrected chi connectivity index (χ0v) is 12.5. The smallest absolute Gasteiger partial charge is 0.260 e. The normalized spacial score (nSPS) is 18.1. The Bertz CT molecular complexity index is 457. The van der Waals surface area contributed by atoms with Crippen molar-refractivity contribution in [3.05, 3.63) is 28.2 Å². The third kappa shape index (κ3) is 4.42. The van der Waals surface area contributed by atoms with Crippen molar-refractivity contribution >= 4 is 41.5 Å². The van der Waals surface area contributed by atoms with Crippen LogP contribution in [-0.2, 0) is 4.79 Å². The number of rotatable bonds is 3. The molecular weight excluding hydrogens is 311 g/mol. The highest BCUT2D eigenvalue weighted by atomic mass is 35.5. The van der Waals surface area contributed by atoms with E-state index in [4.69, 9.17) is 33.7 Å². The van der Waals surface area contributed by atoms with Gasteiger partial charge in [-0.1, -0.05) is 23.2 Å². The summed E-state index contributed by atoms with van der Waals surface area (Å²) in [6.45, 7) is 1.25. The van der Waals surface area contributed by atoms with Crippen LogP contribution < -0.4 is 10.5 Å². The standard InChI is InChI=1S/C12H14Cl2N2O2.ClH/c13-8-1-2-11(10(14)5-8)18-7-12(17)16-4-3-9(15)6-16;/h1-2,5,9H,3-4,6-7,15H2;1H/t9-;/m1./s1. The zero-order valence-electron chi connectivity index (χ0n) is 10.1. The van der Waals surface area contributed by atoms with Crippen molar-refractivity contribution < 1.29 is 9.53 Å². The molecule has 0 aliphatic carbocycles. The number of nitrogens with zero attached hydrogens (tertiary/aromatic N) is 1. The Morgan fingerprint density at radius 1 is 1.47 bits per heavy atom. The molecule has 0 spiro atoms. The van der Waals surface area contributed by atoms with Crippen LogP contribution in [0.2, 0.25) is 10.0 Å². The van der Waals surface area contributed by atoms with Crippen LogP contribution in [0.25, 0.3) is 0 Å². The first kappa shape index (κ1) is 16.4. The van der Waals surface area contributed by atoms with Crippen LogP contribution in [0.5, 0.6) is 5.75 Å². The van der Waals surface area contributed by atoms with Crippen molar-refractivity contribution in [1.82, 2.24) is 4.90 Å². The third-order valence-corrected chi connectivity index (χ3v) is 3.35. The average Bonchev–Trinajstić information content (AvgIpc) is 2.74. The molecule has 2 N–H and O–H groups in total. The van der Waals surface area contributed by atoms with Crippen molar-refractivity contribution in [2.45, 2.75) is 12.5 Å². The van der Waals surface area contributed by atoms with Gasteiger partial charge in [0, 0.05) is 24.2 Å². The van der Waals surface area contributed by atoms with E-state index in [0.29, 0.717) is 28.9 Å². The molecule has 1 aromatic carbocycles. The molecule has 7 heteroatoms. The number of hydrogen-bond donors (Lipinski definition) is 1. The van der Waals surface area contributed by atoms with Crippen LogP contribution in [0.1, 0.15) is 6.42 Å². The number of halogens is 3. The number of nitrogens with two attached hydrogens (primary N) is 1. The predicted octanol–water partition coefficient (Wildman–Crippen LogP) is 2.35. The third-order valence-electron chi connectivity index (χ3n) is 2.82. The van der Waals surface area contributed by atoms with Crippen LogP contribution in [-0.4, -0.2) is 36.5 Å². The number of amides is 1. The van der Waals surface area contributed by atoms with Gasteiger partial charge in [-0.05, 0) is 24.6 Å². The Labute approximate surface area is 128 Å². The van der Waals surface area contributed by atoms with E-state index >= 15 is 0 Å². The Morgan fingerprint density at radius 3 is 2.79 bits per heavy atom. The van der Waals surface area contributed by atoms with Gasteiger partial charge in [-0.25, -0.2) is 0 Å². The van der Waals surface area contributed by atoms with Crippen LogP contribution in [0, 0.1) is 0 Å². The minimum atomic E-state index is -0.0750. The fourth-order valence-corrected chi connectivity index (χ4v) is 2.30. The molecule has 0 aromatic heterocycles. The van der Waals surface area contributed by atoms with E-state index in [0.717, 1.165) is 6.42 Å². The minimum absolute atomic E-state index is 0. The molecule has 0 unspecified atom stereocenters. The van der Waals surface area contributed by atoms with Gasteiger partial charge in [0.15, 0.2) is 6.61 Å². The molecule has 1 aliphatic heterocycles. The van der Waals surface area contributed by atoms with Crippen LogP contribution in [0.3, 0.4) is 0 Å². The number of carbonyl (C=O) groups is 1. The first-order valence-electron chi connectivity index (χ1n) is 5.67. The highest BCUT2D eigenvalue weighted by molar-refractivity contribution is 6.35. The van der Waals surface area contributed by atoms with Crippen LogP contribution in [0.15, 0.2) is 18.2 Å². The van der Waals surface area contributed by atoms with E-state index in [2.05, 4.69) is 0 Å². The highest BCUT2D eigenvalue weighted by Crippen LogP contribution is 2.27. The summed E-state index contributed by atoms with van der Waals surface area (Å²) in [5.74, 6) is 0.381. The second kappa shape index (κ2) is 7.20. The van der Waals surface area contributed by atoms with Crippen molar-refractivity contribution in [2.75, 3.05) is 19.7 Å². The molecule has 1 atom stereocenters. The maximum atomic E-state index is 11.8. The van der Waals surface area contributed by atoms with E-state index in [9.17, 15) is 4.79 Å². The molecule has 1 aromatic rings. The Kier molecular flexibility index (Phi) is 6.20. The maximum absolute atomic E-state index is 11.8. The molecule has 1 saturated heterocycles. The molecule has 2 rings (SSSR count). The molecule has 0 radical (unpaired) electrons. The van der Waals surface area contributed by atoms with E-state index in [1.165, 1.54) is 0 Å². The van der Waals surface area contributed by atoms with Crippen molar-refractivity contribution in [3.8, 4) is 5.75 Å². The average molecular weight is 326 g/mol. The topological polar surface area (TPSA) is 55.6 Å². The molecule has 19 heavy (non-hydrogen) atoms. The SMILES string of the molecule is Cl.N[C@@H]1CCN(C(=O)COc2ccc(Cl)cc2Cl)C1. The summed E-state index contributed by atoms with van der Waals surface area (Å²) in [5, 5.41) is 0.928. The second-order valence-corrected chi connectivity index (χ2v) is 5.10. The lowest BCUT2D eigenvalue weighted by molar-refractivity contribution is -0.132. The quantitative estimate of drug-likeness (QED) is 0.928. The van der Waals surface area contributed by atoms with Crippen molar-refractivity contribution in [1.29, 1.82) is 0 Å². The summed E-state index contributed by atoms with van der Waals surface area (Å²) in [6, 6.07) is 4.97. The summed E-state index contributed by atoms with van der Waals surface area (Å²) in [7, 11) is 0. The first-order valence-corrected chi connectivity index (χ1v) is 6.43. The minimum Gasteiger partial charge on any atom is -0.482 e. The summed E-state index contributed by atoms with van der Waals surface area (Å²) >= 11 is 11.7. The van der Waals surface area contributed by atoms with Crippen LogP contribution >= 0.6 is 35.6 Å². The van der Waals surface area contributed by atoms with Gasteiger partial charge < -0.3 is 15.4 Å². The fourth-order valence-electron chi connectivity index (χ4n) is 1.84. The van der Waals surface area contributed by atoms with Gasteiger partial charge in [0.2, 0.25) is 0 Å². The van der Waals surface area contributed by atoms with Crippen molar-refractivity contribution in [2.24, 2.45) is 5.73 Å². The van der Waals surface area contributed by atoms with Gasteiger partial charge in [-0.3, -0.25) is 4.79 Å². The lowest BCUT2D eigenvalue weighted by Gasteiger charge is -2.16. The summed E-state index contributed by atoms with van der Waals surface area (Å²) < 4.78 is 5.38. The van der Waals surface area contributed by atoms with Gasteiger partial charge in [-0.15, -0.1) is 12.4 Å². The number of ether oxygens (including phenoxy) is 1. The molecule has 1 amide bonds. The maximum Gasteiger partial charge on any atom is 0.260 e. The number of carbonyl (C=O) groups excluding carboxylic acids is 1. The Morgan fingerprint density at radius 2 is 2.21 bits per heavy atom. The second-order valence-electron chi connectivity index (χ2n) is 4.25. The van der Waals surface area contributed by atoms with Crippen molar-refractivity contribution in [3.63, 3.8) is 0 Å². The Balaban J connectivity index is 0.00000180. The van der Waals surface area contributed by atoms with Crippen LogP contribution in [0.4, 0.5) is 0 Å². The molecule has 1 heterocycles. The summed E-state index contributed by atoms with van der Waals surface area (Å²) in [5.41, 5.74) is 5.74. The van der Waals surface area contributed by atoms with E-state index in [1.54, 1.807) is 23.1 Å². The van der Waals surface area contributed by atoms with Gasteiger partial charge in [0.05, 0.1) is 5.02 Å². The van der Waals surface area contributed by atoms with E-state index in [-0.39, 0.29) is 31.0 Å². The van der Waals surface area contributed by atoms with Gasteiger partial charge in [0.25, 0.3) is 5.91 Å². The monoisotopic (exact) mass is 324 g/mol. The molecule has 0 saturated carbocycles. The largest absolute Gasteiger partial charge is 0.482 e. The van der Waals surface area contributed by atoms with Gasteiger partial charge in [0.1, 0.15) is 5.75 Å². The summed E-state index contributed by atoms with van der Waals surface area (Å²) in [4.78, 5) is 13.5. The zero-order chi connectivity index (χ0) is 13.1. The van der Waals surface area contributed by atoms with E-state index < -0.39 is 0 Å². The molecule has 4 nitrogen and oxygen atoms in total. The van der Waals surface area contributed by atoms with Gasteiger partial charge in [-0.2, -0.15) is 0 Å². The predicted molar refractivity (Wildman–Crippen MR) is 78.4 cm³/mol. The lowest BCUT2D eigenvalue weighted by atomic mass is 10.3. The molecule has 0 bridgehead atoms.